The summed E-state index contributed by atoms with van der Waals surface area (Å²) in [6.45, 7) is 3.89. The third-order valence-corrected chi connectivity index (χ3v) is 7.09. The molecule has 2 heterocycles. The zero-order chi connectivity index (χ0) is 27.7. The molecule has 2 aromatic rings. The highest BCUT2D eigenvalue weighted by atomic mass is 19.2. The minimum absolute atomic E-state index is 0.0626. The lowest BCUT2D eigenvalue weighted by atomic mass is 10.0. The number of hydrogen-bond acceptors (Lipinski definition) is 5. The van der Waals surface area contributed by atoms with Crippen LogP contribution < -0.4 is 10.2 Å². The second-order valence-electron chi connectivity index (χ2n) is 10.5. The maximum atomic E-state index is 13.7. The van der Waals surface area contributed by atoms with E-state index in [-0.39, 0.29) is 36.3 Å². The summed E-state index contributed by atoms with van der Waals surface area (Å²) in [5.41, 5.74) is 1.28. The van der Waals surface area contributed by atoms with Crippen LogP contribution in [0.1, 0.15) is 47.4 Å². The van der Waals surface area contributed by atoms with Gasteiger partial charge in [0.15, 0.2) is 17.4 Å². The third-order valence-electron chi connectivity index (χ3n) is 7.09. The van der Waals surface area contributed by atoms with Gasteiger partial charge in [0.25, 0.3) is 11.8 Å². The van der Waals surface area contributed by atoms with Crippen molar-refractivity contribution in [3.8, 4) is 0 Å². The first-order chi connectivity index (χ1) is 18.0. The lowest BCUT2D eigenvalue weighted by Gasteiger charge is -2.29. The highest BCUT2D eigenvalue weighted by Gasteiger charge is 2.52. The fourth-order valence-electron chi connectivity index (χ4n) is 5.18. The quantitative estimate of drug-likeness (QED) is 0.600. The molecule has 2 saturated heterocycles. The van der Waals surface area contributed by atoms with Crippen LogP contribution in [0.3, 0.4) is 0 Å². The first-order valence-corrected chi connectivity index (χ1v) is 12.7. The van der Waals surface area contributed by atoms with E-state index in [0.717, 1.165) is 17.8 Å². The monoisotopic (exact) mass is 526 g/mol. The third kappa shape index (κ3) is 5.39. The average molecular weight is 527 g/mol. The standard InChI is InChI=1S/C28H32F2N4O4/c1-16(2)13-22(31-26(36)17-5-8-19(9-6-17)32(3)4)28(38)33-12-11-23-25(33)24(35)15-34(23)27(37)18-7-10-20(29)21(30)14-18/h5-10,14,16,22-23,25H,11-13,15H2,1-4H3,(H,31,36)/t22-,23?,25?/m0/s1. The van der Waals surface area contributed by atoms with Crippen molar-refractivity contribution in [2.75, 3.05) is 32.1 Å². The fraction of sp³-hybridized carbons (Fsp3) is 0.429. The molecule has 8 nitrogen and oxygen atoms in total. The lowest BCUT2D eigenvalue weighted by Crippen LogP contribution is -2.53. The molecule has 38 heavy (non-hydrogen) atoms. The Balaban J connectivity index is 1.50. The number of likely N-dealkylation sites (tertiary alicyclic amines) is 2. The summed E-state index contributed by atoms with van der Waals surface area (Å²) in [6.07, 6.45) is 0.742. The summed E-state index contributed by atoms with van der Waals surface area (Å²) in [5.74, 6) is -3.79. The number of amides is 3. The molecule has 2 unspecified atom stereocenters. The van der Waals surface area contributed by atoms with Gasteiger partial charge in [0.1, 0.15) is 12.1 Å². The number of carbonyl (C=O) groups is 4. The van der Waals surface area contributed by atoms with E-state index >= 15 is 0 Å². The number of fused-ring (bicyclic) bond motifs is 1. The van der Waals surface area contributed by atoms with Crippen LogP contribution in [0.25, 0.3) is 0 Å². The van der Waals surface area contributed by atoms with Gasteiger partial charge < -0.3 is 20.0 Å². The summed E-state index contributed by atoms with van der Waals surface area (Å²) < 4.78 is 27.1. The number of carbonyl (C=O) groups excluding carboxylic acids is 4. The van der Waals surface area contributed by atoms with Crippen molar-refractivity contribution in [1.82, 2.24) is 15.1 Å². The van der Waals surface area contributed by atoms with Crippen molar-refractivity contribution in [1.29, 1.82) is 0 Å². The Bertz CT molecular complexity index is 1250. The Morgan fingerprint density at radius 1 is 1.00 bits per heavy atom. The molecule has 4 rings (SSSR count). The van der Waals surface area contributed by atoms with Crippen LogP contribution in [0, 0.1) is 17.6 Å². The SMILES string of the molecule is CC(C)C[C@H](NC(=O)c1ccc(N(C)C)cc1)C(=O)N1CCC2C1C(=O)CN2C(=O)c1ccc(F)c(F)c1. The van der Waals surface area contributed by atoms with Crippen LogP contribution in [-0.4, -0.2) is 78.6 Å². The predicted octanol–water partition coefficient (Wildman–Crippen LogP) is 2.87. The van der Waals surface area contributed by atoms with Crippen molar-refractivity contribution in [3.05, 3.63) is 65.2 Å². The molecule has 2 fully saturated rings. The molecular formula is C28H32F2N4O4. The highest BCUT2D eigenvalue weighted by Crippen LogP contribution is 2.32. The Morgan fingerprint density at radius 3 is 2.26 bits per heavy atom. The van der Waals surface area contributed by atoms with Gasteiger partial charge in [-0.3, -0.25) is 19.2 Å². The number of anilines is 1. The van der Waals surface area contributed by atoms with Crippen LogP contribution in [0.5, 0.6) is 0 Å². The maximum Gasteiger partial charge on any atom is 0.254 e. The van der Waals surface area contributed by atoms with Gasteiger partial charge in [-0.05, 0) is 61.2 Å². The minimum Gasteiger partial charge on any atom is -0.378 e. The highest BCUT2D eigenvalue weighted by molar-refractivity contribution is 6.03. The van der Waals surface area contributed by atoms with Gasteiger partial charge in [-0.25, -0.2) is 8.78 Å². The maximum absolute atomic E-state index is 13.7. The number of nitrogens with one attached hydrogen (secondary N) is 1. The number of hydrogen-bond donors (Lipinski definition) is 1. The first-order valence-electron chi connectivity index (χ1n) is 12.7. The van der Waals surface area contributed by atoms with E-state index in [2.05, 4.69) is 5.32 Å². The fourth-order valence-corrected chi connectivity index (χ4v) is 5.18. The molecule has 0 aromatic heterocycles. The topological polar surface area (TPSA) is 90.0 Å². The van der Waals surface area contributed by atoms with Crippen molar-refractivity contribution in [2.45, 2.75) is 44.8 Å². The van der Waals surface area contributed by atoms with E-state index in [9.17, 15) is 28.0 Å². The van der Waals surface area contributed by atoms with Gasteiger partial charge in [0.2, 0.25) is 5.91 Å². The van der Waals surface area contributed by atoms with Gasteiger partial charge >= 0.3 is 0 Å². The summed E-state index contributed by atoms with van der Waals surface area (Å²) in [7, 11) is 3.79. The smallest absolute Gasteiger partial charge is 0.254 e. The number of Topliss-reactive ketones (excluding diaryl/α,β-unsaturated/α-hetero) is 1. The predicted molar refractivity (Wildman–Crippen MR) is 138 cm³/mol. The Kier molecular flexibility index (Phi) is 7.80. The minimum atomic E-state index is -1.15. The summed E-state index contributed by atoms with van der Waals surface area (Å²) >= 11 is 0. The number of rotatable bonds is 7. The molecule has 2 aliphatic heterocycles. The molecule has 0 bridgehead atoms. The van der Waals surface area contributed by atoms with Crippen LogP contribution in [-0.2, 0) is 9.59 Å². The number of halogens is 2. The van der Waals surface area contributed by atoms with Gasteiger partial charge in [-0.15, -0.1) is 0 Å². The van der Waals surface area contributed by atoms with Crippen molar-refractivity contribution in [3.63, 3.8) is 0 Å². The van der Waals surface area contributed by atoms with Crippen LogP contribution in [0.4, 0.5) is 14.5 Å². The average Bonchev–Trinajstić information content (AvgIpc) is 3.45. The number of ketones is 1. The van der Waals surface area contributed by atoms with Crippen LogP contribution >= 0.6 is 0 Å². The largest absolute Gasteiger partial charge is 0.378 e. The Hall–Kier alpha value is -3.82. The van der Waals surface area contributed by atoms with Gasteiger partial charge in [0.05, 0.1) is 12.6 Å². The first kappa shape index (κ1) is 27.2. The van der Waals surface area contributed by atoms with Crippen molar-refractivity contribution < 1.29 is 28.0 Å². The second kappa shape index (κ2) is 10.9. The van der Waals surface area contributed by atoms with Gasteiger partial charge in [0, 0.05) is 37.5 Å². The zero-order valence-electron chi connectivity index (χ0n) is 21.9. The van der Waals surface area contributed by atoms with E-state index in [1.807, 2.05) is 45.0 Å². The molecular weight excluding hydrogens is 494 g/mol. The van der Waals surface area contributed by atoms with Crippen LogP contribution in [0.15, 0.2) is 42.5 Å². The van der Waals surface area contributed by atoms with Crippen LogP contribution in [0.2, 0.25) is 0 Å². The summed E-state index contributed by atoms with van der Waals surface area (Å²) in [6, 6.07) is 7.61. The van der Waals surface area contributed by atoms with E-state index in [0.29, 0.717) is 18.4 Å². The molecule has 2 aromatic carbocycles. The van der Waals surface area contributed by atoms with Crippen molar-refractivity contribution >= 4 is 29.2 Å². The molecule has 3 atom stereocenters. The van der Waals surface area contributed by atoms with E-state index in [1.165, 1.54) is 15.9 Å². The molecule has 10 heteroatoms. The van der Waals surface area contributed by atoms with Gasteiger partial charge in [-0.2, -0.15) is 0 Å². The molecule has 0 saturated carbocycles. The second-order valence-corrected chi connectivity index (χ2v) is 10.5. The normalized spacial score (nSPS) is 19.5. The summed E-state index contributed by atoms with van der Waals surface area (Å²) in [4.78, 5) is 57.4. The molecule has 202 valence electrons. The van der Waals surface area contributed by atoms with Crippen molar-refractivity contribution in [2.24, 2.45) is 5.92 Å². The lowest BCUT2D eigenvalue weighted by molar-refractivity contribution is -0.138. The molecule has 0 spiro atoms. The van der Waals surface area contributed by atoms with E-state index < -0.39 is 41.6 Å². The molecule has 0 aliphatic carbocycles. The van der Waals surface area contributed by atoms with E-state index in [4.69, 9.17) is 0 Å². The van der Waals surface area contributed by atoms with Gasteiger partial charge in [-0.1, -0.05) is 13.8 Å². The molecule has 3 amide bonds. The summed E-state index contributed by atoms with van der Waals surface area (Å²) in [5, 5.41) is 2.84. The molecule has 1 N–H and O–H groups in total. The van der Waals surface area contributed by atoms with E-state index in [1.54, 1.807) is 12.1 Å². The molecule has 0 radical (unpaired) electrons. The number of nitrogens with zero attached hydrogens (tertiary/aromatic N) is 3. The molecule has 2 aliphatic rings. The Morgan fingerprint density at radius 2 is 1.66 bits per heavy atom. The zero-order valence-corrected chi connectivity index (χ0v) is 21.9. The number of benzene rings is 2. The Labute approximate surface area is 220 Å².